The molecule has 1 aromatic carbocycles. The molecule has 142 valence electrons. The molecular formula is C21H27N5S. The summed E-state index contributed by atoms with van der Waals surface area (Å²) in [5.41, 5.74) is 2.27. The van der Waals surface area contributed by atoms with E-state index in [9.17, 15) is 0 Å². The molecule has 0 unspecified atom stereocenters. The molecular weight excluding hydrogens is 354 g/mol. The van der Waals surface area contributed by atoms with Gasteiger partial charge in [0.2, 0.25) is 0 Å². The zero-order valence-corrected chi connectivity index (χ0v) is 16.8. The van der Waals surface area contributed by atoms with Crippen LogP contribution in [-0.2, 0) is 12.8 Å². The van der Waals surface area contributed by atoms with Gasteiger partial charge in [-0.05, 0) is 48.9 Å². The number of rotatable bonds is 8. The van der Waals surface area contributed by atoms with E-state index >= 15 is 0 Å². The van der Waals surface area contributed by atoms with Crippen LogP contribution in [0.1, 0.15) is 17.4 Å². The van der Waals surface area contributed by atoms with E-state index in [0.717, 1.165) is 44.1 Å². The van der Waals surface area contributed by atoms with Crippen molar-refractivity contribution in [1.29, 1.82) is 0 Å². The Balaban J connectivity index is 1.54. The third-order valence-corrected chi connectivity index (χ3v) is 5.23. The van der Waals surface area contributed by atoms with Crippen LogP contribution in [0.25, 0.3) is 5.69 Å². The molecule has 0 fully saturated rings. The van der Waals surface area contributed by atoms with Crippen molar-refractivity contribution >= 4 is 17.3 Å². The highest BCUT2D eigenvalue weighted by Gasteiger charge is 2.07. The number of aromatic nitrogens is 2. The first kappa shape index (κ1) is 19.2. The molecule has 3 rings (SSSR count). The molecule has 0 saturated carbocycles. The Labute approximate surface area is 165 Å². The molecule has 0 bridgehead atoms. The number of aliphatic imine (C=N–C) groups is 1. The number of nitrogens with one attached hydrogen (secondary N) is 1. The number of nitrogens with zero attached hydrogens (tertiary/aromatic N) is 4. The van der Waals surface area contributed by atoms with E-state index < -0.39 is 0 Å². The van der Waals surface area contributed by atoms with Gasteiger partial charge in [-0.15, -0.1) is 11.3 Å². The van der Waals surface area contributed by atoms with Crippen LogP contribution in [0.5, 0.6) is 0 Å². The number of hydrogen-bond donors (Lipinski definition) is 1. The highest BCUT2D eigenvalue weighted by molar-refractivity contribution is 7.09. The minimum Gasteiger partial charge on any atom is -0.357 e. The summed E-state index contributed by atoms with van der Waals surface area (Å²) in [4.78, 5) is 8.40. The van der Waals surface area contributed by atoms with Crippen LogP contribution in [0.4, 0.5) is 0 Å². The molecule has 2 heterocycles. The lowest BCUT2D eigenvalue weighted by molar-refractivity contribution is 0.487. The minimum absolute atomic E-state index is 0.742. The van der Waals surface area contributed by atoms with Gasteiger partial charge in [-0.25, -0.2) is 4.68 Å². The number of hydrogen-bond acceptors (Lipinski definition) is 3. The van der Waals surface area contributed by atoms with Crippen molar-refractivity contribution in [3.05, 3.63) is 70.7 Å². The molecule has 0 aliphatic carbocycles. The van der Waals surface area contributed by atoms with Gasteiger partial charge < -0.3 is 10.2 Å². The van der Waals surface area contributed by atoms with Crippen molar-refractivity contribution in [1.82, 2.24) is 20.0 Å². The smallest absolute Gasteiger partial charge is 0.193 e. The van der Waals surface area contributed by atoms with E-state index in [1.54, 1.807) is 0 Å². The lowest BCUT2D eigenvalue weighted by Gasteiger charge is -2.21. The van der Waals surface area contributed by atoms with Gasteiger partial charge in [0.25, 0.3) is 0 Å². The standard InChI is InChI=1S/C21H27N5S/c1-3-22-21(25(2)14-12-20-10-7-15-27-20)23-13-11-18-16-24-26(17-18)19-8-5-4-6-9-19/h4-10,15-17H,3,11-14H2,1-2H3,(H,22,23). The topological polar surface area (TPSA) is 45.5 Å². The molecule has 1 N–H and O–H groups in total. The van der Waals surface area contributed by atoms with Crippen molar-refractivity contribution < 1.29 is 0 Å². The molecule has 2 aromatic heterocycles. The average molecular weight is 382 g/mol. The van der Waals surface area contributed by atoms with Crippen molar-refractivity contribution in [3.63, 3.8) is 0 Å². The van der Waals surface area contributed by atoms with Crippen LogP contribution in [0, 0.1) is 0 Å². The molecule has 6 heteroatoms. The summed E-state index contributed by atoms with van der Waals surface area (Å²) in [6.07, 6.45) is 5.93. The van der Waals surface area contributed by atoms with Gasteiger partial charge in [-0.3, -0.25) is 4.99 Å². The van der Waals surface area contributed by atoms with Gasteiger partial charge in [0.05, 0.1) is 11.9 Å². The van der Waals surface area contributed by atoms with Crippen molar-refractivity contribution in [3.8, 4) is 5.69 Å². The summed E-state index contributed by atoms with van der Waals surface area (Å²) < 4.78 is 1.91. The fourth-order valence-electron chi connectivity index (χ4n) is 2.81. The number of likely N-dealkylation sites (N-methyl/N-ethyl adjacent to an activating group) is 1. The Morgan fingerprint density at radius 3 is 2.78 bits per heavy atom. The normalized spacial score (nSPS) is 11.6. The monoisotopic (exact) mass is 381 g/mol. The fourth-order valence-corrected chi connectivity index (χ4v) is 3.51. The summed E-state index contributed by atoms with van der Waals surface area (Å²) in [5.74, 6) is 0.963. The van der Waals surface area contributed by atoms with Gasteiger partial charge in [0, 0.05) is 37.8 Å². The van der Waals surface area contributed by atoms with Gasteiger partial charge in [0.1, 0.15) is 0 Å². The molecule has 0 atom stereocenters. The lowest BCUT2D eigenvalue weighted by Crippen LogP contribution is -2.40. The Kier molecular flexibility index (Phi) is 7.04. The zero-order valence-electron chi connectivity index (χ0n) is 16.0. The molecule has 0 amide bonds. The number of benzene rings is 1. The predicted octanol–water partition coefficient (Wildman–Crippen LogP) is 3.62. The minimum atomic E-state index is 0.742. The van der Waals surface area contributed by atoms with Gasteiger partial charge >= 0.3 is 0 Å². The molecule has 3 aromatic rings. The highest BCUT2D eigenvalue weighted by atomic mass is 32.1. The zero-order chi connectivity index (χ0) is 18.9. The largest absolute Gasteiger partial charge is 0.357 e. The number of thiophene rings is 1. The second-order valence-corrected chi connectivity index (χ2v) is 7.40. The van der Waals surface area contributed by atoms with Crippen molar-refractivity contribution in [2.45, 2.75) is 19.8 Å². The molecule has 0 radical (unpaired) electrons. The van der Waals surface area contributed by atoms with Gasteiger partial charge in [-0.1, -0.05) is 24.3 Å². The van der Waals surface area contributed by atoms with Gasteiger partial charge in [0.15, 0.2) is 5.96 Å². The summed E-state index contributed by atoms with van der Waals surface area (Å²) >= 11 is 1.81. The van der Waals surface area contributed by atoms with E-state index in [-0.39, 0.29) is 0 Å². The van der Waals surface area contributed by atoms with Crippen LogP contribution in [0.3, 0.4) is 0 Å². The van der Waals surface area contributed by atoms with E-state index in [1.807, 2.05) is 40.4 Å². The third-order valence-electron chi connectivity index (χ3n) is 4.29. The second kappa shape index (κ2) is 9.92. The summed E-state index contributed by atoms with van der Waals surface area (Å²) in [6.45, 7) is 4.67. The maximum Gasteiger partial charge on any atom is 0.193 e. The quantitative estimate of drug-likeness (QED) is 0.479. The maximum absolute atomic E-state index is 4.79. The summed E-state index contributed by atoms with van der Waals surface area (Å²) in [5, 5.41) is 9.97. The van der Waals surface area contributed by atoms with E-state index in [0.29, 0.717) is 0 Å². The maximum atomic E-state index is 4.79. The SMILES string of the molecule is CCNC(=NCCc1cnn(-c2ccccc2)c1)N(C)CCc1cccs1. The second-order valence-electron chi connectivity index (χ2n) is 6.37. The predicted molar refractivity (Wildman–Crippen MR) is 114 cm³/mol. The van der Waals surface area contributed by atoms with Crippen LogP contribution in [0.15, 0.2) is 65.2 Å². The fraction of sp³-hybridized carbons (Fsp3) is 0.333. The Morgan fingerprint density at radius 2 is 2.04 bits per heavy atom. The first-order valence-corrected chi connectivity index (χ1v) is 10.2. The third kappa shape index (κ3) is 5.69. The van der Waals surface area contributed by atoms with Crippen LogP contribution < -0.4 is 5.32 Å². The molecule has 0 aliphatic heterocycles. The number of para-hydroxylation sites is 1. The summed E-state index contributed by atoms with van der Waals surface area (Å²) in [6, 6.07) is 14.5. The Morgan fingerprint density at radius 1 is 1.19 bits per heavy atom. The molecule has 0 spiro atoms. The van der Waals surface area contributed by atoms with E-state index in [4.69, 9.17) is 4.99 Å². The van der Waals surface area contributed by atoms with Crippen molar-refractivity contribution in [2.75, 3.05) is 26.7 Å². The first-order chi connectivity index (χ1) is 13.3. The Bertz CT molecular complexity index is 823. The molecule has 0 aliphatic rings. The molecule has 5 nitrogen and oxygen atoms in total. The molecule has 27 heavy (non-hydrogen) atoms. The van der Waals surface area contributed by atoms with Crippen LogP contribution in [-0.4, -0.2) is 47.3 Å². The number of guanidine groups is 1. The van der Waals surface area contributed by atoms with Crippen LogP contribution in [0.2, 0.25) is 0 Å². The average Bonchev–Trinajstić information content (AvgIpc) is 3.38. The first-order valence-electron chi connectivity index (χ1n) is 9.37. The van der Waals surface area contributed by atoms with Crippen LogP contribution >= 0.6 is 11.3 Å². The Hall–Kier alpha value is -2.60. The summed E-state index contributed by atoms with van der Waals surface area (Å²) in [7, 11) is 2.10. The lowest BCUT2D eigenvalue weighted by atomic mass is 10.2. The highest BCUT2D eigenvalue weighted by Crippen LogP contribution is 2.10. The van der Waals surface area contributed by atoms with Gasteiger partial charge in [-0.2, -0.15) is 5.10 Å². The van der Waals surface area contributed by atoms with E-state index in [2.05, 4.69) is 65.1 Å². The van der Waals surface area contributed by atoms with Crippen molar-refractivity contribution in [2.24, 2.45) is 4.99 Å². The molecule has 0 saturated heterocycles. The van der Waals surface area contributed by atoms with E-state index in [1.165, 1.54) is 10.4 Å².